The molecule has 3 heterocycles. The van der Waals surface area contributed by atoms with E-state index in [4.69, 9.17) is 10.1 Å². The third kappa shape index (κ3) is 5.02. The van der Waals surface area contributed by atoms with E-state index in [0.29, 0.717) is 47.2 Å². The highest BCUT2D eigenvalue weighted by atomic mass is 16.5. The van der Waals surface area contributed by atoms with Gasteiger partial charge in [-0.3, -0.25) is 20.0 Å². The van der Waals surface area contributed by atoms with Crippen molar-refractivity contribution in [3.05, 3.63) is 48.1 Å². The smallest absolute Gasteiger partial charge is 0.329 e. The number of urea groups is 1. The molecule has 33 heavy (non-hydrogen) atoms. The molecule has 0 saturated carbocycles. The van der Waals surface area contributed by atoms with E-state index < -0.39 is 11.4 Å². The van der Waals surface area contributed by atoms with Gasteiger partial charge in [-0.25, -0.2) is 9.78 Å². The van der Waals surface area contributed by atoms with E-state index in [0.717, 1.165) is 12.8 Å². The SMILES string of the molecule is CCC1(CC)CCN(C(=O)Nc2ccc(Oc3ccnc(/C(C=N)=C/NC)c3)c(C)n2)C1=O. The number of ether oxygens (including phenoxy) is 1. The first-order valence-corrected chi connectivity index (χ1v) is 11.0. The van der Waals surface area contributed by atoms with Gasteiger partial charge in [0.2, 0.25) is 5.91 Å². The van der Waals surface area contributed by atoms with Gasteiger partial charge >= 0.3 is 6.03 Å². The minimum atomic E-state index is -0.460. The summed E-state index contributed by atoms with van der Waals surface area (Å²) in [6, 6.07) is 6.34. The van der Waals surface area contributed by atoms with Crippen molar-refractivity contribution in [3.63, 3.8) is 0 Å². The molecule has 1 fully saturated rings. The second kappa shape index (κ2) is 10.2. The third-order valence-corrected chi connectivity index (χ3v) is 6.09. The minimum absolute atomic E-state index is 0.119. The van der Waals surface area contributed by atoms with Gasteiger partial charge in [0.15, 0.2) is 0 Å². The highest BCUT2D eigenvalue weighted by Crippen LogP contribution is 2.38. The van der Waals surface area contributed by atoms with Crippen molar-refractivity contribution in [3.8, 4) is 11.5 Å². The molecule has 0 unspecified atom stereocenters. The fourth-order valence-corrected chi connectivity index (χ4v) is 3.93. The number of anilines is 1. The molecule has 1 aliphatic heterocycles. The molecular formula is C24H30N6O3. The number of likely N-dealkylation sites (tertiary alicyclic amines) is 1. The molecule has 9 nitrogen and oxygen atoms in total. The largest absolute Gasteiger partial charge is 0.455 e. The average molecular weight is 451 g/mol. The number of aryl methyl sites for hydroxylation is 1. The molecule has 2 aromatic rings. The van der Waals surface area contributed by atoms with Crippen LogP contribution in [0.1, 0.15) is 44.5 Å². The van der Waals surface area contributed by atoms with E-state index >= 15 is 0 Å². The summed E-state index contributed by atoms with van der Waals surface area (Å²) in [5.74, 6) is 1.30. The summed E-state index contributed by atoms with van der Waals surface area (Å²) in [5, 5.41) is 13.2. The average Bonchev–Trinajstić information content (AvgIpc) is 3.16. The molecule has 3 rings (SSSR count). The van der Waals surface area contributed by atoms with Crippen LogP contribution in [0.25, 0.3) is 5.57 Å². The summed E-state index contributed by atoms with van der Waals surface area (Å²) in [6.07, 6.45) is 6.62. The number of rotatable bonds is 8. The number of allylic oxidation sites excluding steroid dienone is 1. The van der Waals surface area contributed by atoms with Crippen molar-refractivity contribution in [2.24, 2.45) is 5.41 Å². The van der Waals surface area contributed by atoms with E-state index in [1.807, 2.05) is 13.8 Å². The number of aromatic nitrogens is 2. The Hall–Kier alpha value is -3.75. The Morgan fingerprint density at radius 2 is 2.06 bits per heavy atom. The Morgan fingerprint density at radius 1 is 1.30 bits per heavy atom. The topological polar surface area (TPSA) is 120 Å². The summed E-state index contributed by atoms with van der Waals surface area (Å²) >= 11 is 0. The summed E-state index contributed by atoms with van der Waals surface area (Å²) in [5.41, 5.74) is 1.34. The number of nitrogens with one attached hydrogen (secondary N) is 3. The van der Waals surface area contributed by atoms with E-state index in [-0.39, 0.29) is 5.91 Å². The number of imide groups is 1. The maximum atomic E-state index is 12.8. The van der Waals surface area contributed by atoms with E-state index in [1.165, 1.54) is 11.1 Å². The summed E-state index contributed by atoms with van der Waals surface area (Å²) in [6.45, 7) is 6.16. The molecule has 0 spiro atoms. The van der Waals surface area contributed by atoms with Crippen LogP contribution >= 0.6 is 0 Å². The van der Waals surface area contributed by atoms with Crippen molar-refractivity contribution in [1.82, 2.24) is 20.2 Å². The maximum absolute atomic E-state index is 12.8. The number of pyridine rings is 2. The molecule has 0 bridgehead atoms. The van der Waals surface area contributed by atoms with Gasteiger partial charge in [0.1, 0.15) is 17.3 Å². The number of carbonyl (C=O) groups is 2. The van der Waals surface area contributed by atoms with Crippen LogP contribution in [-0.2, 0) is 4.79 Å². The quantitative estimate of drug-likeness (QED) is 0.514. The zero-order valence-electron chi connectivity index (χ0n) is 19.4. The van der Waals surface area contributed by atoms with Gasteiger partial charge < -0.3 is 15.5 Å². The van der Waals surface area contributed by atoms with Crippen molar-refractivity contribution in [1.29, 1.82) is 5.41 Å². The van der Waals surface area contributed by atoms with Gasteiger partial charge in [0.25, 0.3) is 0 Å². The lowest BCUT2D eigenvalue weighted by molar-refractivity contribution is -0.133. The number of carbonyl (C=O) groups excluding carboxylic acids is 2. The summed E-state index contributed by atoms with van der Waals surface area (Å²) in [7, 11) is 1.75. The van der Waals surface area contributed by atoms with Gasteiger partial charge in [0.05, 0.1) is 16.8 Å². The zero-order valence-corrected chi connectivity index (χ0v) is 19.4. The Balaban J connectivity index is 1.71. The highest BCUT2D eigenvalue weighted by molar-refractivity contribution is 6.07. The van der Waals surface area contributed by atoms with Crippen LogP contribution in [0.3, 0.4) is 0 Å². The lowest BCUT2D eigenvalue weighted by Gasteiger charge is -2.24. The Bertz CT molecular complexity index is 1080. The molecule has 174 valence electrons. The fourth-order valence-electron chi connectivity index (χ4n) is 3.93. The third-order valence-electron chi connectivity index (χ3n) is 6.09. The molecular weight excluding hydrogens is 420 g/mol. The van der Waals surface area contributed by atoms with E-state index in [2.05, 4.69) is 20.6 Å². The second-order valence-corrected chi connectivity index (χ2v) is 7.92. The maximum Gasteiger partial charge on any atom is 0.329 e. The van der Waals surface area contributed by atoms with Crippen LogP contribution < -0.4 is 15.4 Å². The number of nitrogens with zero attached hydrogens (tertiary/aromatic N) is 3. The van der Waals surface area contributed by atoms with Crippen LogP contribution in [0.2, 0.25) is 0 Å². The first-order valence-electron chi connectivity index (χ1n) is 11.0. The van der Waals surface area contributed by atoms with Crippen molar-refractivity contribution < 1.29 is 14.3 Å². The fraction of sp³-hybridized carbons (Fsp3) is 0.375. The monoisotopic (exact) mass is 450 g/mol. The first kappa shape index (κ1) is 23.9. The van der Waals surface area contributed by atoms with Crippen molar-refractivity contribution in [2.75, 3.05) is 18.9 Å². The molecule has 1 aliphatic rings. The number of hydrogen-bond donors (Lipinski definition) is 3. The van der Waals surface area contributed by atoms with E-state index in [9.17, 15) is 9.59 Å². The Labute approximate surface area is 193 Å². The lowest BCUT2D eigenvalue weighted by atomic mass is 9.81. The van der Waals surface area contributed by atoms with Crippen LogP contribution in [0.15, 0.2) is 36.7 Å². The molecule has 1 saturated heterocycles. The Kier molecular flexibility index (Phi) is 7.42. The molecule has 0 aromatic carbocycles. The predicted molar refractivity (Wildman–Crippen MR) is 127 cm³/mol. The normalized spacial score (nSPS) is 15.3. The van der Waals surface area contributed by atoms with Crippen LogP contribution in [-0.4, -0.2) is 46.6 Å². The molecule has 3 N–H and O–H groups in total. The second-order valence-electron chi connectivity index (χ2n) is 7.92. The predicted octanol–water partition coefficient (Wildman–Crippen LogP) is 4.36. The van der Waals surface area contributed by atoms with Crippen molar-refractivity contribution in [2.45, 2.75) is 40.0 Å². The molecule has 2 aromatic heterocycles. The van der Waals surface area contributed by atoms with Gasteiger partial charge in [-0.2, -0.15) is 0 Å². The number of hydrogen-bond acceptors (Lipinski definition) is 7. The molecule has 0 radical (unpaired) electrons. The molecule has 3 amide bonds. The lowest BCUT2D eigenvalue weighted by Crippen LogP contribution is -2.40. The minimum Gasteiger partial charge on any atom is -0.455 e. The van der Waals surface area contributed by atoms with Crippen LogP contribution in [0.4, 0.5) is 10.6 Å². The van der Waals surface area contributed by atoms with Crippen molar-refractivity contribution >= 4 is 29.5 Å². The molecule has 0 atom stereocenters. The Morgan fingerprint density at radius 3 is 2.67 bits per heavy atom. The van der Waals surface area contributed by atoms with Gasteiger partial charge in [-0.05, 0) is 44.4 Å². The van der Waals surface area contributed by atoms with Gasteiger partial charge in [-0.1, -0.05) is 13.8 Å². The van der Waals surface area contributed by atoms with Gasteiger partial charge in [0, 0.05) is 43.8 Å². The van der Waals surface area contributed by atoms with Crippen LogP contribution in [0, 0.1) is 17.7 Å². The highest BCUT2D eigenvalue weighted by Gasteiger charge is 2.46. The standard InChI is InChI=1S/C24H30N6O3/c1-5-24(6-2)10-12-30(22(24)31)23(32)29-21-8-7-20(16(3)28-21)33-18-9-11-27-19(13-18)17(14-25)15-26-4/h7-9,11,13-15,25-26H,5-6,10,12H2,1-4H3,(H,28,29,32)/b17-15+,25-14?. The molecule has 0 aliphatic carbocycles. The van der Waals surface area contributed by atoms with Crippen LogP contribution in [0.5, 0.6) is 11.5 Å². The van der Waals surface area contributed by atoms with Gasteiger partial charge in [-0.15, -0.1) is 0 Å². The zero-order chi connectivity index (χ0) is 24.0. The molecule has 9 heteroatoms. The summed E-state index contributed by atoms with van der Waals surface area (Å²) < 4.78 is 5.95. The first-order chi connectivity index (χ1) is 15.9. The number of amides is 3. The van der Waals surface area contributed by atoms with E-state index in [1.54, 1.807) is 50.6 Å². The summed E-state index contributed by atoms with van der Waals surface area (Å²) in [4.78, 5) is 35.5.